The molecule has 0 fully saturated rings. The first-order valence-corrected chi connectivity index (χ1v) is 9.41. The van der Waals surface area contributed by atoms with Gasteiger partial charge in [-0.05, 0) is 54.4 Å². The molecule has 0 aliphatic rings. The standard InChI is InChI=1S/C21H17Cl3FNO/c1-13-2-5-16(22)10-20(13)26-11-15-8-17(23)9-19(24)21(15)27-12-14-3-6-18(25)7-4-14/h2-10,26H,11-12H2,1H3. The van der Waals surface area contributed by atoms with Gasteiger partial charge in [-0.15, -0.1) is 0 Å². The van der Waals surface area contributed by atoms with Crippen molar-refractivity contribution in [1.82, 2.24) is 0 Å². The Bertz CT molecular complexity index is 945. The molecule has 2 nitrogen and oxygen atoms in total. The highest BCUT2D eigenvalue weighted by molar-refractivity contribution is 6.35. The Kier molecular flexibility index (Phi) is 6.48. The summed E-state index contributed by atoms with van der Waals surface area (Å²) < 4.78 is 19.0. The topological polar surface area (TPSA) is 21.3 Å². The summed E-state index contributed by atoms with van der Waals surface area (Å²) in [4.78, 5) is 0. The van der Waals surface area contributed by atoms with Gasteiger partial charge in [0.25, 0.3) is 0 Å². The molecular weight excluding hydrogens is 408 g/mol. The van der Waals surface area contributed by atoms with Crippen LogP contribution in [0.5, 0.6) is 5.75 Å². The van der Waals surface area contributed by atoms with E-state index in [0.29, 0.717) is 27.4 Å². The number of halogens is 4. The average molecular weight is 425 g/mol. The first-order chi connectivity index (χ1) is 12.9. The molecule has 3 aromatic carbocycles. The van der Waals surface area contributed by atoms with Crippen LogP contribution in [0.4, 0.5) is 10.1 Å². The molecule has 0 heterocycles. The summed E-state index contributed by atoms with van der Waals surface area (Å²) in [5.41, 5.74) is 3.64. The monoisotopic (exact) mass is 423 g/mol. The Balaban J connectivity index is 1.79. The highest BCUT2D eigenvalue weighted by Gasteiger charge is 2.12. The molecule has 0 saturated carbocycles. The van der Waals surface area contributed by atoms with Crippen LogP contribution in [-0.4, -0.2) is 0 Å². The molecule has 0 atom stereocenters. The number of rotatable bonds is 6. The zero-order valence-corrected chi connectivity index (χ0v) is 16.8. The van der Waals surface area contributed by atoms with E-state index in [0.717, 1.165) is 22.4 Å². The molecule has 0 unspecified atom stereocenters. The summed E-state index contributed by atoms with van der Waals surface area (Å²) in [6, 6.07) is 15.2. The Morgan fingerprint density at radius 1 is 0.926 bits per heavy atom. The molecule has 140 valence electrons. The van der Waals surface area contributed by atoms with E-state index >= 15 is 0 Å². The van der Waals surface area contributed by atoms with Crippen LogP contribution < -0.4 is 10.1 Å². The molecule has 0 bridgehead atoms. The molecule has 27 heavy (non-hydrogen) atoms. The molecule has 0 aliphatic carbocycles. The highest BCUT2D eigenvalue weighted by atomic mass is 35.5. The maximum Gasteiger partial charge on any atom is 0.143 e. The summed E-state index contributed by atoms with van der Waals surface area (Å²) in [5, 5.41) is 4.93. The lowest BCUT2D eigenvalue weighted by Gasteiger charge is -2.16. The lowest BCUT2D eigenvalue weighted by molar-refractivity contribution is 0.303. The van der Waals surface area contributed by atoms with E-state index in [1.165, 1.54) is 12.1 Å². The van der Waals surface area contributed by atoms with Crippen molar-refractivity contribution in [2.75, 3.05) is 5.32 Å². The number of hydrogen-bond acceptors (Lipinski definition) is 2. The fourth-order valence-electron chi connectivity index (χ4n) is 2.62. The van der Waals surface area contributed by atoms with Crippen molar-refractivity contribution in [3.63, 3.8) is 0 Å². The molecule has 3 rings (SSSR count). The van der Waals surface area contributed by atoms with Crippen LogP contribution >= 0.6 is 34.8 Å². The van der Waals surface area contributed by atoms with Gasteiger partial charge in [-0.2, -0.15) is 0 Å². The van der Waals surface area contributed by atoms with Crippen LogP contribution in [0.1, 0.15) is 16.7 Å². The van der Waals surface area contributed by atoms with Crippen molar-refractivity contribution < 1.29 is 9.13 Å². The molecule has 0 aromatic heterocycles. The zero-order chi connectivity index (χ0) is 19.4. The second-order valence-corrected chi connectivity index (χ2v) is 7.38. The predicted octanol–water partition coefficient (Wildman–Crippen LogP) is 7.29. The zero-order valence-electron chi connectivity index (χ0n) is 14.5. The van der Waals surface area contributed by atoms with Gasteiger partial charge in [-0.1, -0.05) is 53.0 Å². The van der Waals surface area contributed by atoms with Gasteiger partial charge in [-0.25, -0.2) is 4.39 Å². The minimum absolute atomic E-state index is 0.269. The maximum absolute atomic E-state index is 13.1. The van der Waals surface area contributed by atoms with Crippen LogP contribution in [0.25, 0.3) is 0 Å². The van der Waals surface area contributed by atoms with Crippen LogP contribution in [0.3, 0.4) is 0 Å². The lowest BCUT2D eigenvalue weighted by atomic mass is 10.1. The Hall–Kier alpha value is -1.94. The summed E-state index contributed by atoms with van der Waals surface area (Å²) in [6.07, 6.45) is 0. The van der Waals surface area contributed by atoms with Gasteiger partial charge < -0.3 is 10.1 Å². The number of aryl methyl sites for hydroxylation is 1. The van der Waals surface area contributed by atoms with Gasteiger partial charge in [-0.3, -0.25) is 0 Å². The van der Waals surface area contributed by atoms with E-state index in [4.69, 9.17) is 39.5 Å². The largest absolute Gasteiger partial charge is 0.487 e. The molecule has 1 N–H and O–H groups in total. The molecule has 0 aliphatic heterocycles. The third-order valence-corrected chi connectivity index (χ3v) is 4.78. The molecule has 0 amide bonds. The predicted molar refractivity (Wildman–Crippen MR) is 111 cm³/mol. The number of ether oxygens (including phenoxy) is 1. The third-order valence-electron chi connectivity index (χ3n) is 4.05. The van der Waals surface area contributed by atoms with Crippen molar-refractivity contribution >= 4 is 40.5 Å². The lowest BCUT2D eigenvalue weighted by Crippen LogP contribution is -2.05. The van der Waals surface area contributed by atoms with Crippen LogP contribution in [0.15, 0.2) is 54.6 Å². The average Bonchev–Trinajstić information content (AvgIpc) is 2.63. The minimum atomic E-state index is -0.287. The highest BCUT2D eigenvalue weighted by Crippen LogP contribution is 2.34. The van der Waals surface area contributed by atoms with Crippen molar-refractivity contribution in [2.45, 2.75) is 20.1 Å². The number of benzene rings is 3. The smallest absolute Gasteiger partial charge is 0.143 e. The fourth-order valence-corrected chi connectivity index (χ4v) is 3.38. The van der Waals surface area contributed by atoms with Crippen molar-refractivity contribution in [3.8, 4) is 5.75 Å². The second kappa shape index (κ2) is 8.83. The normalized spacial score (nSPS) is 10.7. The first-order valence-electron chi connectivity index (χ1n) is 8.27. The number of hydrogen-bond donors (Lipinski definition) is 1. The Morgan fingerprint density at radius 3 is 2.41 bits per heavy atom. The van der Waals surface area contributed by atoms with Crippen molar-refractivity contribution in [2.24, 2.45) is 0 Å². The maximum atomic E-state index is 13.1. The van der Waals surface area contributed by atoms with Crippen LogP contribution in [-0.2, 0) is 13.2 Å². The Morgan fingerprint density at radius 2 is 1.67 bits per heavy atom. The first kappa shape index (κ1) is 19.8. The minimum Gasteiger partial charge on any atom is -0.487 e. The van der Waals surface area contributed by atoms with Gasteiger partial charge in [0.05, 0.1) is 5.02 Å². The van der Waals surface area contributed by atoms with E-state index in [1.54, 1.807) is 24.3 Å². The summed E-state index contributed by atoms with van der Waals surface area (Å²) in [5.74, 6) is 0.252. The van der Waals surface area contributed by atoms with Gasteiger partial charge in [0.15, 0.2) is 0 Å². The molecule has 3 aromatic rings. The van der Waals surface area contributed by atoms with Crippen LogP contribution in [0, 0.1) is 12.7 Å². The molecule has 0 saturated heterocycles. The molecule has 0 radical (unpaired) electrons. The van der Waals surface area contributed by atoms with E-state index in [1.807, 2.05) is 25.1 Å². The van der Waals surface area contributed by atoms with Gasteiger partial charge >= 0.3 is 0 Å². The molecule has 0 spiro atoms. The van der Waals surface area contributed by atoms with Gasteiger partial charge in [0, 0.05) is 27.8 Å². The van der Waals surface area contributed by atoms with E-state index in [9.17, 15) is 4.39 Å². The SMILES string of the molecule is Cc1ccc(Cl)cc1NCc1cc(Cl)cc(Cl)c1OCc1ccc(F)cc1. The quantitative estimate of drug-likeness (QED) is 0.449. The summed E-state index contributed by atoms with van der Waals surface area (Å²) in [6.45, 7) is 2.72. The van der Waals surface area contributed by atoms with Gasteiger partial charge in [0.1, 0.15) is 18.2 Å². The molecule has 6 heteroatoms. The summed E-state index contributed by atoms with van der Waals surface area (Å²) >= 11 is 18.6. The van der Waals surface area contributed by atoms with E-state index in [2.05, 4.69) is 5.32 Å². The van der Waals surface area contributed by atoms with Gasteiger partial charge in [0.2, 0.25) is 0 Å². The number of nitrogens with one attached hydrogen (secondary N) is 1. The number of anilines is 1. The van der Waals surface area contributed by atoms with Crippen molar-refractivity contribution in [3.05, 3.63) is 92.2 Å². The fraction of sp³-hybridized carbons (Fsp3) is 0.143. The van der Waals surface area contributed by atoms with E-state index < -0.39 is 0 Å². The van der Waals surface area contributed by atoms with Crippen molar-refractivity contribution in [1.29, 1.82) is 0 Å². The van der Waals surface area contributed by atoms with E-state index in [-0.39, 0.29) is 12.4 Å². The van der Waals surface area contributed by atoms with Crippen LogP contribution in [0.2, 0.25) is 15.1 Å². The second-order valence-electron chi connectivity index (χ2n) is 6.10. The summed E-state index contributed by atoms with van der Waals surface area (Å²) in [7, 11) is 0. The molecular formula is C21H17Cl3FNO. The third kappa shape index (κ3) is 5.29. The Labute approximate surface area is 172 Å².